The number of hydrogen-bond donors (Lipinski definition) is 1. The average Bonchev–Trinajstić information content (AvgIpc) is 2.84. The molecule has 4 heteroatoms. The summed E-state index contributed by atoms with van der Waals surface area (Å²) in [5.41, 5.74) is 0. The maximum atomic E-state index is 13.3. The highest BCUT2D eigenvalue weighted by molar-refractivity contribution is 7.19. The largest absolute Gasteiger partial charge is 0.385 e. The average molecular weight is 295 g/mol. The summed E-state index contributed by atoms with van der Waals surface area (Å²) in [7, 11) is 1.73. The van der Waals surface area contributed by atoms with Crippen LogP contribution in [-0.2, 0) is 4.74 Å². The summed E-state index contributed by atoms with van der Waals surface area (Å²) in [4.78, 5) is 1.27. The van der Waals surface area contributed by atoms with Gasteiger partial charge in [-0.15, -0.1) is 11.3 Å². The molecule has 2 rings (SSSR count). The van der Waals surface area contributed by atoms with E-state index in [9.17, 15) is 4.39 Å². The number of benzene rings is 1. The van der Waals surface area contributed by atoms with E-state index < -0.39 is 0 Å². The highest BCUT2D eigenvalue weighted by atomic mass is 32.1. The first-order valence-corrected chi connectivity index (χ1v) is 7.88. The Morgan fingerprint density at radius 3 is 2.85 bits per heavy atom. The number of methoxy groups -OCH3 is 1. The number of thiophene rings is 1. The molecule has 0 amide bonds. The molecule has 110 valence electrons. The number of rotatable bonds is 7. The second-order valence-electron chi connectivity index (χ2n) is 5.13. The molecule has 0 fully saturated rings. The minimum atomic E-state index is -0.172. The number of ether oxygens (including phenoxy) is 1. The quantitative estimate of drug-likeness (QED) is 0.819. The Bertz CT molecular complexity index is 554. The summed E-state index contributed by atoms with van der Waals surface area (Å²) >= 11 is 1.75. The van der Waals surface area contributed by atoms with Crippen molar-refractivity contribution >= 4 is 21.4 Å². The van der Waals surface area contributed by atoms with Gasteiger partial charge in [0.2, 0.25) is 0 Å². The summed E-state index contributed by atoms with van der Waals surface area (Å²) in [6, 6.07) is 7.41. The van der Waals surface area contributed by atoms with Crippen LogP contribution in [0.1, 0.15) is 31.2 Å². The van der Waals surface area contributed by atoms with Crippen LogP contribution >= 0.6 is 11.3 Å². The molecule has 1 heterocycles. The van der Waals surface area contributed by atoms with E-state index in [0.717, 1.165) is 29.7 Å². The summed E-state index contributed by atoms with van der Waals surface area (Å²) in [5, 5.41) is 4.54. The van der Waals surface area contributed by atoms with Gasteiger partial charge in [0.25, 0.3) is 0 Å². The Morgan fingerprint density at radius 1 is 1.35 bits per heavy atom. The summed E-state index contributed by atoms with van der Waals surface area (Å²) in [6.45, 7) is 6.04. The van der Waals surface area contributed by atoms with Gasteiger partial charge in [-0.1, -0.05) is 13.8 Å². The van der Waals surface area contributed by atoms with Crippen LogP contribution in [0.4, 0.5) is 4.39 Å². The summed E-state index contributed by atoms with van der Waals surface area (Å²) in [5.74, 6) is 0.307. The molecule has 0 spiro atoms. The first-order chi connectivity index (χ1) is 9.65. The second-order valence-corrected chi connectivity index (χ2v) is 6.24. The maximum absolute atomic E-state index is 13.3. The van der Waals surface area contributed by atoms with Gasteiger partial charge < -0.3 is 10.1 Å². The van der Waals surface area contributed by atoms with Crippen molar-refractivity contribution in [2.75, 3.05) is 20.3 Å². The van der Waals surface area contributed by atoms with Gasteiger partial charge in [0, 0.05) is 29.3 Å². The van der Waals surface area contributed by atoms with Crippen LogP contribution in [0, 0.1) is 11.7 Å². The lowest BCUT2D eigenvalue weighted by Gasteiger charge is -2.23. The molecule has 1 aromatic heterocycles. The standard InChI is InChI=1S/C16H22FNOS/c1-4-18-16(11(2)7-8-19-3)15-10-12-9-13(17)5-6-14(12)20-15/h5-6,9-11,16,18H,4,7-8H2,1-3H3. The van der Waals surface area contributed by atoms with Crippen molar-refractivity contribution in [1.29, 1.82) is 0 Å². The van der Waals surface area contributed by atoms with E-state index in [4.69, 9.17) is 4.74 Å². The van der Waals surface area contributed by atoms with Crippen molar-refractivity contribution in [2.45, 2.75) is 26.3 Å². The third-order valence-electron chi connectivity index (χ3n) is 3.57. The van der Waals surface area contributed by atoms with E-state index in [2.05, 4.69) is 25.2 Å². The van der Waals surface area contributed by atoms with Crippen LogP contribution in [0.15, 0.2) is 24.3 Å². The van der Waals surface area contributed by atoms with E-state index >= 15 is 0 Å². The molecule has 2 atom stereocenters. The van der Waals surface area contributed by atoms with E-state index in [1.807, 2.05) is 6.07 Å². The van der Waals surface area contributed by atoms with Gasteiger partial charge in [-0.3, -0.25) is 0 Å². The Labute approximate surface area is 124 Å². The zero-order chi connectivity index (χ0) is 14.5. The Kier molecular flexibility index (Phi) is 5.52. The smallest absolute Gasteiger partial charge is 0.123 e. The highest BCUT2D eigenvalue weighted by Crippen LogP contribution is 2.34. The van der Waals surface area contributed by atoms with Crippen molar-refractivity contribution in [3.63, 3.8) is 0 Å². The molecular formula is C16H22FNOS. The molecule has 1 aromatic carbocycles. The zero-order valence-corrected chi connectivity index (χ0v) is 13.1. The predicted molar refractivity (Wildman–Crippen MR) is 83.9 cm³/mol. The van der Waals surface area contributed by atoms with Gasteiger partial charge in [0.05, 0.1) is 0 Å². The number of fused-ring (bicyclic) bond motifs is 1. The van der Waals surface area contributed by atoms with Gasteiger partial charge >= 0.3 is 0 Å². The highest BCUT2D eigenvalue weighted by Gasteiger charge is 2.20. The second kappa shape index (κ2) is 7.16. The third-order valence-corrected chi connectivity index (χ3v) is 4.77. The monoisotopic (exact) mass is 295 g/mol. The van der Waals surface area contributed by atoms with Gasteiger partial charge in [0.1, 0.15) is 5.82 Å². The van der Waals surface area contributed by atoms with Crippen LogP contribution in [0.3, 0.4) is 0 Å². The van der Waals surface area contributed by atoms with Gasteiger partial charge in [-0.2, -0.15) is 0 Å². The fraction of sp³-hybridized carbons (Fsp3) is 0.500. The van der Waals surface area contributed by atoms with Crippen LogP contribution in [0.5, 0.6) is 0 Å². The molecule has 0 aliphatic heterocycles. The molecule has 0 saturated carbocycles. The van der Waals surface area contributed by atoms with E-state index in [1.54, 1.807) is 24.5 Å². The lowest BCUT2D eigenvalue weighted by molar-refractivity contribution is 0.171. The van der Waals surface area contributed by atoms with Gasteiger partial charge in [-0.25, -0.2) is 4.39 Å². The topological polar surface area (TPSA) is 21.3 Å². The molecule has 0 saturated heterocycles. The molecule has 0 aliphatic carbocycles. The molecule has 2 aromatic rings. The van der Waals surface area contributed by atoms with Crippen molar-refractivity contribution in [3.05, 3.63) is 35.0 Å². The molecule has 1 N–H and O–H groups in total. The van der Waals surface area contributed by atoms with Crippen molar-refractivity contribution in [2.24, 2.45) is 5.92 Å². The van der Waals surface area contributed by atoms with Crippen LogP contribution in [-0.4, -0.2) is 20.3 Å². The van der Waals surface area contributed by atoms with E-state index in [0.29, 0.717) is 12.0 Å². The number of halogens is 1. The van der Waals surface area contributed by atoms with Gasteiger partial charge in [0.15, 0.2) is 0 Å². The molecule has 2 nitrogen and oxygen atoms in total. The molecule has 20 heavy (non-hydrogen) atoms. The minimum absolute atomic E-state index is 0.172. The normalized spacial score (nSPS) is 14.6. The van der Waals surface area contributed by atoms with Crippen molar-refractivity contribution in [3.8, 4) is 0 Å². The Balaban J connectivity index is 2.26. The fourth-order valence-electron chi connectivity index (χ4n) is 2.46. The lowest BCUT2D eigenvalue weighted by Crippen LogP contribution is -2.26. The van der Waals surface area contributed by atoms with Gasteiger partial charge in [-0.05, 0) is 48.5 Å². The van der Waals surface area contributed by atoms with Crippen molar-refractivity contribution in [1.82, 2.24) is 5.32 Å². The van der Waals surface area contributed by atoms with E-state index in [-0.39, 0.29) is 5.82 Å². The molecular weight excluding hydrogens is 273 g/mol. The third kappa shape index (κ3) is 3.57. The first-order valence-electron chi connectivity index (χ1n) is 7.07. The lowest BCUT2D eigenvalue weighted by atomic mass is 9.97. The number of nitrogens with one attached hydrogen (secondary N) is 1. The minimum Gasteiger partial charge on any atom is -0.385 e. The SMILES string of the molecule is CCNC(c1cc2cc(F)ccc2s1)C(C)CCOC. The Morgan fingerprint density at radius 2 is 2.15 bits per heavy atom. The van der Waals surface area contributed by atoms with Crippen LogP contribution in [0.25, 0.3) is 10.1 Å². The first kappa shape index (κ1) is 15.4. The molecule has 0 radical (unpaired) electrons. The summed E-state index contributed by atoms with van der Waals surface area (Å²) < 4.78 is 19.6. The van der Waals surface area contributed by atoms with E-state index in [1.165, 1.54) is 10.9 Å². The molecule has 0 bridgehead atoms. The van der Waals surface area contributed by atoms with Crippen LogP contribution in [0.2, 0.25) is 0 Å². The van der Waals surface area contributed by atoms with Crippen LogP contribution < -0.4 is 5.32 Å². The Hall–Kier alpha value is -0.970. The maximum Gasteiger partial charge on any atom is 0.123 e. The molecule has 2 unspecified atom stereocenters. The van der Waals surface area contributed by atoms with Crippen molar-refractivity contribution < 1.29 is 9.13 Å². The number of hydrogen-bond acceptors (Lipinski definition) is 3. The summed E-state index contributed by atoms with van der Waals surface area (Å²) in [6.07, 6.45) is 1.01. The zero-order valence-electron chi connectivity index (χ0n) is 12.3. The predicted octanol–water partition coefficient (Wildman–Crippen LogP) is 4.36. The fourth-order valence-corrected chi connectivity index (χ4v) is 3.71. The molecule has 0 aliphatic rings.